The van der Waals surface area contributed by atoms with Crippen LogP contribution < -0.4 is 5.32 Å². The first kappa shape index (κ1) is 12.9. The number of hydrogen-bond donors (Lipinski definition) is 1. The van der Waals surface area contributed by atoms with Crippen LogP contribution in [-0.2, 0) is 4.79 Å². The van der Waals surface area contributed by atoms with Crippen molar-refractivity contribution in [2.45, 2.75) is 12.8 Å². The quantitative estimate of drug-likeness (QED) is 0.805. The van der Waals surface area contributed by atoms with Crippen LogP contribution in [0, 0.1) is 5.92 Å². The lowest BCUT2D eigenvalue weighted by molar-refractivity contribution is -0.117. The zero-order valence-electron chi connectivity index (χ0n) is 11.9. The van der Waals surface area contributed by atoms with Gasteiger partial charge < -0.3 is 5.32 Å². The van der Waals surface area contributed by atoms with Crippen molar-refractivity contribution < 1.29 is 4.79 Å². The maximum Gasteiger partial charge on any atom is 0.228 e. The number of carbonyl (C=O) groups excluding carboxylic acids is 1. The van der Waals surface area contributed by atoms with E-state index in [-0.39, 0.29) is 11.8 Å². The third-order valence-corrected chi connectivity index (χ3v) is 3.73. The largest absolute Gasteiger partial charge is 0.310 e. The molecule has 0 atom stereocenters. The summed E-state index contributed by atoms with van der Waals surface area (Å²) in [4.78, 5) is 24.9. The number of nitrogens with one attached hydrogen (secondary N) is 1. The van der Waals surface area contributed by atoms with E-state index >= 15 is 0 Å². The molecule has 0 radical (unpaired) electrons. The molecule has 3 aromatic heterocycles. The van der Waals surface area contributed by atoms with Crippen LogP contribution in [-0.4, -0.2) is 20.9 Å². The number of amides is 1. The van der Waals surface area contributed by atoms with Crippen molar-refractivity contribution in [1.82, 2.24) is 15.0 Å². The van der Waals surface area contributed by atoms with Crippen molar-refractivity contribution in [2.75, 3.05) is 5.32 Å². The van der Waals surface area contributed by atoms with Crippen molar-refractivity contribution in [2.24, 2.45) is 5.92 Å². The van der Waals surface area contributed by atoms with Gasteiger partial charge in [0.2, 0.25) is 5.91 Å². The molecule has 0 unspecified atom stereocenters. The summed E-state index contributed by atoms with van der Waals surface area (Å²) >= 11 is 0. The predicted molar refractivity (Wildman–Crippen MR) is 84.1 cm³/mol. The summed E-state index contributed by atoms with van der Waals surface area (Å²) in [7, 11) is 0. The topological polar surface area (TPSA) is 67.8 Å². The highest BCUT2D eigenvalue weighted by atomic mass is 16.2. The number of nitrogens with zero attached hydrogens (tertiary/aromatic N) is 3. The Balaban J connectivity index is 1.69. The van der Waals surface area contributed by atoms with E-state index in [9.17, 15) is 4.79 Å². The van der Waals surface area contributed by atoms with Gasteiger partial charge in [-0.3, -0.25) is 9.78 Å². The monoisotopic (exact) mass is 290 g/mol. The first-order valence-electron chi connectivity index (χ1n) is 7.28. The maximum atomic E-state index is 11.8. The third kappa shape index (κ3) is 2.53. The number of aromatic nitrogens is 3. The summed E-state index contributed by atoms with van der Waals surface area (Å²) in [5, 5.41) is 3.79. The Labute approximate surface area is 127 Å². The Bertz CT molecular complexity index is 844. The van der Waals surface area contributed by atoms with Gasteiger partial charge in [-0.15, -0.1) is 0 Å². The normalized spacial score (nSPS) is 14.0. The molecule has 1 amide bonds. The van der Waals surface area contributed by atoms with Crippen LogP contribution in [0.15, 0.2) is 48.9 Å². The summed E-state index contributed by atoms with van der Waals surface area (Å²) in [6.07, 6.45) is 7.20. The molecular weight excluding hydrogens is 276 g/mol. The van der Waals surface area contributed by atoms with Gasteiger partial charge in [-0.2, -0.15) is 0 Å². The van der Waals surface area contributed by atoms with Gasteiger partial charge in [-0.05, 0) is 37.1 Å². The van der Waals surface area contributed by atoms with Crippen LogP contribution in [0.1, 0.15) is 12.8 Å². The highest BCUT2D eigenvalue weighted by Crippen LogP contribution is 2.30. The second kappa shape index (κ2) is 5.18. The van der Waals surface area contributed by atoms with Gasteiger partial charge in [-0.25, -0.2) is 9.97 Å². The number of anilines is 1. The minimum atomic E-state index is 0.0512. The summed E-state index contributed by atoms with van der Waals surface area (Å²) < 4.78 is 0. The first-order chi connectivity index (χ1) is 10.8. The minimum absolute atomic E-state index is 0.0512. The van der Waals surface area contributed by atoms with E-state index in [2.05, 4.69) is 20.3 Å². The Morgan fingerprint density at radius 3 is 2.86 bits per heavy atom. The molecule has 0 aromatic carbocycles. The Morgan fingerprint density at radius 2 is 2.09 bits per heavy atom. The molecule has 22 heavy (non-hydrogen) atoms. The van der Waals surface area contributed by atoms with Crippen LogP contribution in [0.5, 0.6) is 0 Å². The van der Waals surface area contributed by atoms with Gasteiger partial charge in [0.15, 0.2) is 0 Å². The van der Waals surface area contributed by atoms with E-state index in [1.807, 2.05) is 30.3 Å². The van der Waals surface area contributed by atoms with Crippen LogP contribution in [0.3, 0.4) is 0 Å². The second-order valence-electron chi connectivity index (χ2n) is 5.46. The number of hydrogen-bond acceptors (Lipinski definition) is 4. The molecule has 3 heterocycles. The number of fused-ring (bicyclic) bond motifs is 1. The molecule has 0 bridgehead atoms. The van der Waals surface area contributed by atoms with E-state index in [0.29, 0.717) is 5.82 Å². The van der Waals surface area contributed by atoms with Crippen LogP contribution in [0.2, 0.25) is 0 Å². The zero-order chi connectivity index (χ0) is 14.9. The molecule has 5 heteroatoms. The molecule has 1 aliphatic rings. The maximum absolute atomic E-state index is 11.8. The summed E-state index contributed by atoms with van der Waals surface area (Å²) in [6, 6.07) is 9.59. The summed E-state index contributed by atoms with van der Waals surface area (Å²) in [5.74, 6) is 0.766. The van der Waals surface area contributed by atoms with Crippen LogP contribution in [0.4, 0.5) is 5.82 Å². The average Bonchev–Trinajstić information content (AvgIpc) is 3.40. The fraction of sp³-hybridized carbons (Fsp3) is 0.176. The van der Waals surface area contributed by atoms with Gasteiger partial charge in [0, 0.05) is 41.5 Å². The van der Waals surface area contributed by atoms with Crippen molar-refractivity contribution in [1.29, 1.82) is 0 Å². The molecule has 108 valence electrons. The molecule has 1 N–H and O–H groups in total. The number of pyridine rings is 3. The number of rotatable bonds is 3. The standard InChI is InChI=1S/C17H14N4O/c22-17(11-3-4-11)21-16-8-15-13(10-19-16)5-6-14(20-15)12-2-1-7-18-9-12/h1-2,5-11H,3-4H2,(H,19,21,22). The van der Waals surface area contributed by atoms with Gasteiger partial charge >= 0.3 is 0 Å². The van der Waals surface area contributed by atoms with Crippen molar-refractivity contribution >= 4 is 22.6 Å². The van der Waals surface area contributed by atoms with Crippen LogP contribution in [0.25, 0.3) is 22.2 Å². The van der Waals surface area contributed by atoms with Crippen molar-refractivity contribution in [3.05, 3.63) is 48.9 Å². The van der Waals surface area contributed by atoms with E-state index in [0.717, 1.165) is 35.0 Å². The Morgan fingerprint density at radius 1 is 1.18 bits per heavy atom. The van der Waals surface area contributed by atoms with Crippen LogP contribution >= 0.6 is 0 Å². The lowest BCUT2D eigenvalue weighted by atomic mass is 10.1. The molecule has 1 fully saturated rings. The van der Waals surface area contributed by atoms with E-state index in [1.165, 1.54) is 0 Å². The molecule has 4 rings (SSSR count). The van der Waals surface area contributed by atoms with Gasteiger partial charge in [0.05, 0.1) is 11.2 Å². The summed E-state index contributed by atoms with van der Waals surface area (Å²) in [5.41, 5.74) is 2.62. The number of carbonyl (C=O) groups is 1. The Kier molecular flexibility index (Phi) is 3.04. The molecule has 0 saturated heterocycles. The van der Waals surface area contributed by atoms with Gasteiger partial charge in [0.1, 0.15) is 5.82 Å². The highest BCUT2D eigenvalue weighted by Gasteiger charge is 2.29. The first-order valence-corrected chi connectivity index (χ1v) is 7.28. The van der Waals surface area contributed by atoms with E-state index < -0.39 is 0 Å². The molecule has 3 aromatic rings. The summed E-state index contributed by atoms with van der Waals surface area (Å²) in [6.45, 7) is 0. The second-order valence-corrected chi connectivity index (χ2v) is 5.46. The highest BCUT2D eigenvalue weighted by molar-refractivity contribution is 5.94. The van der Waals surface area contributed by atoms with Gasteiger partial charge in [0.25, 0.3) is 0 Å². The molecule has 0 aliphatic heterocycles. The van der Waals surface area contributed by atoms with Crippen molar-refractivity contribution in [3.8, 4) is 11.3 Å². The lowest BCUT2D eigenvalue weighted by Gasteiger charge is -2.06. The fourth-order valence-corrected chi connectivity index (χ4v) is 2.33. The minimum Gasteiger partial charge on any atom is -0.310 e. The molecule has 1 aliphatic carbocycles. The molecular formula is C17H14N4O. The average molecular weight is 290 g/mol. The smallest absolute Gasteiger partial charge is 0.228 e. The predicted octanol–water partition coefficient (Wildman–Crippen LogP) is 3.04. The SMILES string of the molecule is O=C(Nc1cc2nc(-c3cccnc3)ccc2cn1)C1CC1. The van der Waals surface area contributed by atoms with E-state index in [4.69, 9.17) is 0 Å². The van der Waals surface area contributed by atoms with Crippen molar-refractivity contribution in [3.63, 3.8) is 0 Å². The van der Waals surface area contributed by atoms with Gasteiger partial charge in [-0.1, -0.05) is 0 Å². The third-order valence-electron chi connectivity index (χ3n) is 3.73. The lowest BCUT2D eigenvalue weighted by Crippen LogP contribution is -2.14. The fourth-order valence-electron chi connectivity index (χ4n) is 2.33. The molecule has 0 spiro atoms. The Hall–Kier alpha value is -2.82. The zero-order valence-corrected chi connectivity index (χ0v) is 11.9. The van der Waals surface area contributed by atoms with E-state index in [1.54, 1.807) is 18.6 Å². The molecule has 1 saturated carbocycles. The molecule has 5 nitrogen and oxygen atoms in total.